The molecule has 1 aromatic heterocycles. The fraction of sp³-hybridized carbons (Fsp3) is 0.643. The minimum Gasteiger partial charge on any atom is -0.335 e. The molecule has 0 saturated carbocycles. The summed E-state index contributed by atoms with van der Waals surface area (Å²) < 4.78 is 0. The van der Waals surface area contributed by atoms with Crippen molar-refractivity contribution in [2.75, 3.05) is 26.7 Å². The zero-order valence-corrected chi connectivity index (χ0v) is 12.1. The second kappa shape index (κ2) is 6.34. The molecule has 0 atom stereocenters. The highest BCUT2D eigenvalue weighted by atomic mass is 32.1. The summed E-state index contributed by atoms with van der Waals surface area (Å²) in [6, 6.07) is 4.32. The van der Waals surface area contributed by atoms with Gasteiger partial charge >= 0.3 is 0 Å². The molecule has 1 aliphatic heterocycles. The smallest absolute Gasteiger partial charge is 0.264 e. The van der Waals surface area contributed by atoms with E-state index in [0.717, 1.165) is 43.8 Å². The van der Waals surface area contributed by atoms with E-state index in [4.69, 9.17) is 0 Å². The van der Waals surface area contributed by atoms with Crippen LogP contribution < -0.4 is 0 Å². The average Bonchev–Trinajstić information content (AvgIpc) is 2.90. The molecule has 18 heavy (non-hydrogen) atoms. The normalized spacial score (nSPS) is 17.9. The van der Waals surface area contributed by atoms with Gasteiger partial charge in [-0.05, 0) is 50.8 Å². The highest BCUT2D eigenvalue weighted by Gasteiger charge is 2.27. The van der Waals surface area contributed by atoms with Gasteiger partial charge < -0.3 is 9.80 Å². The van der Waals surface area contributed by atoms with Crippen LogP contribution in [0.15, 0.2) is 17.5 Å². The maximum atomic E-state index is 12.5. The summed E-state index contributed by atoms with van der Waals surface area (Å²) in [6.07, 6.45) is 3.24. The summed E-state index contributed by atoms with van der Waals surface area (Å²) in [5.41, 5.74) is 0. The van der Waals surface area contributed by atoms with Crippen LogP contribution >= 0.6 is 11.3 Å². The van der Waals surface area contributed by atoms with Crippen LogP contribution in [0.3, 0.4) is 0 Å². The molecule has 0 N–H and O–H groups in total. The number of thiophene rings is 1. The molecule has 1 fully saturated rings. The van der Waals surface area contributed by atoms with Gasteiger partial charge in [0, 0.05) is 12.6 Å². The molecule has 0 bridgehead atoms. The zero-order chi connectivity index (χ0) is 13.0. The number of rotatable bonds is 4. The Balaban J connectivity index is 2.05. The Labute approximate surface area is 113 Å². The summed E-state index contributed by atoms with van der Waals surface area (Å²) in [5, 5.41) is 1.98. The molecule has 4 heteroatoms. The van der Waals surface area contributed by atoms with Crippen molar-refractivity contribution in [1.29, 1.82) is 0 Å². The largest absolute Gasteiger partial charge is 0.335 e. The van der Waals surface area contributed by atoms with E-state index in [2.05, 4.69) is 23.8 Å². The summed E-state index contributed by atoms with van der Waals surface area (Å²) in [6.45, 7) is 5.22. The number of likely N-dealkylation sites (tertiary alicyclic amines) is 1. The van der Waals surface area contributed by atoms with Crippen LogP contribution in [0.1, 0.15) is 35.9 Å². The lowest BCUT2D eigenvalue weighted by molar-refractivity contribution is 0.0596. The minimum atomic E-state index is 0.224. The highest BCUT2D eigenvalue weighted by molar-refractivity contribution is 7.12. The Morgan fingerprint density at radius 3 is 2.78 bits per heavy atom. The van der Waals surface area contributed by atoms with E-state index < -0.39 is 0 Å². The zero-order valence-electron chi connectivity index (χ0n) is 11.3. The molecule has 0 radical (unpaired) electrons. The first-order valence-electron chi connectivity index (χ1n) is 6.75. The number of amides is 1. The summed E-state index contributed by atoms with van der Waals surface area (Å²) in [5.74, 6) is 0.224. The number of carbonyl (C=O) groups excluding carboxylic acids is 1. The average molecular weight is 266 g/mol. The lowest BCUT2D eigenvalue weighted by Gasteiger charge is -2.37. The number of nitrogens with zero attached hydrogens (tertiary/aromatic N) is 2. The molecule has 2 rings (SSSR count). The molecular weight excluding hydrogens is 244 g/mol. The Morgan fingerprint density at radius 1 is 1.50 bits per heavy atom. The number of piperidine rings is 1. The first kappa shape index (κ1) is 13.6. The number of hydrogen-bond acceptors (Lipinski definition) is 3. The molecule has 1 aromatic rings. The van der Waals surface area contributed by atoms with E-state index in [-0.39, 0.29) is 5.91 Å². The molecule has 0 unspecified atom stereocenters. The third kappa shape index (κ3) is 3.12. The molecule has 1 amide bonds. The van der Waals surface area contributed by atoms with Crippen LogP contribution in [0.4, 0.5) is 0 Å². The van der Waals surface area contributed by atoms with Crippen LogP contribution in [-0.2, 0) is 0 Å². The monoisotopic (exact) mass is 266 g/mol. The fourth-order valence-electron chi connectivity index (χ4n) is 2.54. The van der Waals surface area contributed by atoms with Gasteiger partial charge in [-0.25, -0.2) is 0 Å². The van der Waals surface area contributed by atoms with Gasteiger partial charge in [-0.15, -0.1) is 11.3 Å². The lowest BCUT2D eigenvalue weighted by atomic mass is 10.0. The Morgan fingerprint density at radius 2 is 2.22 bits per heavy atom. The van der Waals surface area contributed by atoms with Crippen LogP contribution in [0.2, 0.25) is 0 Å². The van der Waals surface area contributed by atoms with E-state index in [1.165, 1.54) is 0 Å². The van der Waals surface area contributed by atoms with E-state index >= 15 is 0 Å². The van der Waals surface area contributed by atoms with Crippen LogP contribution in [0.5, 0.6) is 0 Å². The molecule has 1 saturated heterocycles. The Bertz CT molecular complexity index is 369. The van der Waals surface area contributed by atoms with Crippen molar-refractivity contribution in [1.82, 2.24) is 9.80 Å². The Hall–Kier alpha value is -0.870. The molecule has 2 heterocycles. The SMILES string of the molecule is CCCN(C(=O)c1cccs1)C1CCN(C)CC1. The quantitative estimate of drug-likeness (QED) is 0.836. The first-order chi connectivity index (χ1) is 8.72. The van der Waals surface area contributed by atoms with Gasteiger partial charge in [0.25, 0.3) is 5.91 Å². The first-order valence-corrected chi connectivity index (χ1v) is 7.63. The molecule has 1 aliphatic rings. The molecule has 0 aromatic carbocycles. The molecular formula is C14H22N2OS. The fourth-order valence-corrected chi connectivity index (χ4v) is 3.22. The maximum Gasteiger partial charge on any atom is 0.264 e. The van der Waals surface area contributed by atoms with E-state index in [1.807, 2.05) is 17.5 Å². The van der Waals surface area contributed by atoms with Gasteiger partial charge in [0.15, 0.2) is 0 Å². The van der Waals surface area contributed by atoms with Gasteiger partial charge in [-0.3, -0.25) is 4.79 Å². The second-order valence-corrected chi connectivity index (χ2v) is 5.96. The Kier molecular flexibility index (Phi) is 4.78. The van der Waals surface area contributed by atoms with Crippen molar-refractivity contribution in [3.05, 3.63) is 22.4 Å². The predicted molar refractivity (Wildman–Crippen MR) is 76.2 cm³/mol. The van der Waals surface area contributed by atoms with Gasteiger partial charge in [0.1, 0.15) is 0 Å². The van der Waals surface area contributed by atoms with E-state index in [0.29, 0.717) is 6.04 Å². The van der Waals surface area contributed by atoms with Gasteiger partial charge in [0.2, 0.25) is 0 Å². The summed E-state index contributed by atoms with van der Waals surface area (Å²) >= 11 is 1.55. The van der Waals surface area contributed by atoms with Crippen molar-refractivity contribution in [3.63, 3.8) is 0 Å². The second-order valence-electron chi connectivity index (χ2n) is 5.01. The number of hydrogen-bond donors (Lipinski definition) is 0. The molecule has 0 spiro atoms. The topological polar surface area (TPSA) is 23.6 Å². The molecule has 3 nitrogen and oxygen atoms in total. The van der Waals surface area contributed by atoms with Gasteiger partial charge in [0.05, 0.1) is 4.88 Å². The van der Waals surface area contributed by atoms with Crippen LogP contribution in [0, 0.1) is 0 Å². The lowest BCUT2D eigenvalue weighted by Crippen LogP contribution is -2.46. The third-order valence-corrected chi connectivity index (χ3v) is 4.44. The van der Waals surface area contributed by atoms with Crippen molar-refractivity contribution in [2.45, 2.75) is 32.2 Å². The van der Waals surface area contributed by atoms with Crippen LogP contribution in [0.25, 0.3) is 0 Å². The molecule has 0 aliphatic carbocycles. The molecule has 100 valence electrons. The van der Waals surface area contributed by atoms with Crippen molar-refractivity contribution in [3.8, 4) is 0 Å². The third-order valence-electron chi connectivity index (χ3n) is 3.59. The maximum absolute atomic E-state index is 12.5. The minimum absolute atomic E-state index is 0.224. The van der Waals surface area contributed by atoms with Crippen molar-refractivity contribution in [2.24, 2.45) is 0 Å². The van der Waals surface area contributed by atoms with E-state index in [9.17, 15) is 4.79 Å². The summed E-state index contributed by atoms with van der Waals surface area (Å²) in [4.78, 5) is 17.8. The van der Waals surface area contributed by atoms with Crippen molar-refractivity contribution < 1.29 is 4.79 Å². The summed E-state index contributed by atoms with van der Waals surface area (Å²) in [7, 11) is 2.15. The van der Waals surface area contributed by atoms with Gasteiger partial charge in [-0.1, -0.05) is 13.0 Å². The van der Waals surface area contributed by atoms with Crippen molar-refractivity contribution >= 4 is 17.2 Å². The van der Waals surface area contributed by atoms with E-state index in [1.54, 1.807) is 11.3 Å². The van der Waals surface area contributed by atoms with Gasteiger partial charge in [-0.2, -0.15) is 0 Å². The standard InChI is InChI=1S/C14H22N2OS/c1-3-8-16(12-6-9-15(2)10-7-12)14(17)13-5-4-11-18-13/h4-5,11-12H,3,6-10H2,1-2H3. The highest BCUT2D eigenvalue weighted by Crippen LogP contribution is 2.20. The van der Waals surface area contributed by atoms with Crippen LogP contribution in [-0.4, -0.2) is 48.4 Å². The predicted octanol–water partition coefficient (Wildman–Crippen LogP) is 2.69. The number of carbonyl (C=O) groups is 1.